The van der Waals surface area contributed by atoms with Crippen LogP contribution in [-0.2, 0) is 4.79 Å². The third-order valence-corrected chi connectivity index (χ3v) is 2.99. The first-order valence-corrected chi connectivity index (χ1v) is 6.14. The molecule has 100 valence electrons. The molecule has 19 heavy (non-hydrogen) atoms. The van der Waals surface area contributed by atoms with E-state index >= 15 is 0 Å². The average molecular weight is 260 g/mol. The van der Waals surface area contributed by atoms with E-state index in [0.717, 1.165) is 11.3 Å². The van der Waals surface area contributed by atoms with E-state index in [4.69, 9.17) is 9.26 Å². The topological polar surface area (TPSA) is 65.2 Å². The normalized spacial score (nSPS) is 12.2. The van der Waals surface area contributed by atoms with Gasteiger partial charge in [0, 0.05) is 5.56 Å². The predicted octanol–water partition coefficient (Wildman–Crippen LogP) is 2.83. The van der Waals surface area contributed by atoms with Crippen molar-refractivity contribution in [3.8, 4) is 17.1 Å². The second-order valence-corrected chi connectivity index (χ2v) is 4.26. The lowest BCUT2D eigenvalue weighted by molar-refractivity contribution is -0.119. The van der Waals surface area contributed by atoms with Gasteiger partial charge in [-0.3, -0.25) is 4.79 Å². The second-order valence-electron chi connectivity index (χ2n) is 4.26. The summed E-state index contributed by atoms with van der Waals surface area (Å²) in [6.45, 7) is 3.45. The molecule has 1 aromatic heterocycles. The largest absolute Gasteiger partial charge is 0.497 e. The fraction of sp³-hybridized carbons (Fsp3) is 0.357. The van der Waals surface area contributed by atoms with Crippen LogP contribution in [0.15, 0.2) is 28.8 Å². The smallest absolute Gasteiger partial charge is 0.237 e. The van der Waals surface area contributed by atoms with Crippen molar-refractivity contribution in [2.24, 2.45) is 0 Å². The number of methoxy groups -OCH3 is 1. The highest BCUT2D eigenvalue weighted by molar-refractivity contribution is 5.82. The minimum absolute atomic E-state index is 0.0347. The number of ether oxygens (including phenoxy) is 1. The number of aromatic nitrogens is 2. The number of rotatable bonds is 5. The van der Waals surface area contributed by atoms with Crippen molar-refractivity contribution >= 4 is 5.78 Å². The molecule has 0 fully saturated rings. The summed E-state index contributed by atoms with van der Waals surface area (Å²) in [4.78, 5) is 15.7. The Kier molecular flexibility index (Phi) is 3.94. The zero-order valence-electron chi connectivity index (χ0n) is 11.2. The first-order chi connectivity index (χ1) is 9.15. The Bertz CT molecular complexity index is 560. The van der Waals surface area contributed by atoms with E-state index in [1.54, 1.807) is 7.11 Å². The molecule has 0 N–H and O–H groups in total. The van der Waals surface area contributed by atoms with E-state index in [1.807, 2.05) is 31.2 Å². The molecule has 1 atom stereocenters. The maximum absolute atomic E-state index is 11.5. The minimum atomic E-state index is -0.320. The number of nitrogens with zero attached hydrogens (tertiary/aromatic N) is 2. The van der Waals surface area contributed by atoms with Crippen LogP contribution < -0.4 is 4.74 Å². The molecule has 0 aliphatic rings. The van der Waals surface area contributed by atoms with Crippen LogP contribution in [-0.4, -0.2) is 23.0 Å². The van der Waals surface area contributed by atoms with Crippen LogP contribution >= 0.6 is 0 Å². The Morgan fingerprint density at radius 3 is 2.58 bits per heavy atom. The van der Waals surface area contributed by atoms with Crippen LogP contribution in [0, 0.1) is 0 Å². The van der Waals surface area contributed by atoms with Gasteiger partial charge < -0.3 is 9.26 Å². The average Bonchev–Trinajstić information content (AvgIpc) is 2.89. The monoisotopic (exact) mass is 260 g/mol. The molecule has 0 saturated heterocycles. The molecule has 1 aromatic carbocycles. The highest BCUT2D eigenvalue weighted by atomic mass is 16.5. The Balaban J connectivity index is 2.26. The third kappa shape index (κ3) is 2.81. The summed E-state index contributed by atoms with van der Waals surface area (Å²) in [5.74, 6) is 1.34. The Labute approximate surface area is 111 Å². The van der Waals surface area contributed by atoms with Gasteiger partial charge in [-0.05, 0) is 37.6 Å². The maximum Gasteiger partial charge on any atom is 0.237 e. The van der Waals surface area contributed by atoms with Gasteiger partial charge in [0.25, 0.3) is 0 Å². The highest BCUT2D eigenvalue weighted by Crippen LogP contribution is 2.24. The van der Waals surface area contributed by atoms with Crippen molar-refractivity contribution in [2.45, 2.75) is 26.2 Å². The Morgan fingerprint density at radius 2 is 2.05 bits per heavy atom. The highest BCUT2D eigenvalue weighted by Gasteiger charge is 2.21. The van der Waals surface area contributed by atoms with Gasteiger partial charge in [-0.25, -0.2) is 0 Å². The van der Waals surface area contributed by atoms with E-state index in [-0.39, 0.29) is 11.7 Å². The van der Waals surface area contributed by atoms with E-state index in [9.17, 15) is 4.79 Å². The maximum atomic E-state index is 11.5. The van der Waals surface area contributed by atoms with Crippen LogP contribution in [0.3, 0.4) is 0 Å². The lowest BCUT2D eigenvalue weighted by atomic mass is 10.0. The fourth-order valence-electron chi connectivity index (χ4n) is 1.87. The van der Waals surface area contributed by atoms with Crippen LogP contribution in [0.4, 0.5) is 0 Å². The molecule has 0 amide bonds. The van der Waals surface area contributed by atoms with Crippen molar-refractivity contribution in [1.82, 2.24) is 10.1 Å². The SMILES string of the molecule is CCC(C(C)=O)c1nc(-c2ccc(OC)cc2)no1. The first kappa shape index (κ1) is 13.3. The molecule has 5 nitrogen and oxygen atoms in total. The molecule has 0 bridgehead atoms. The number of hydrogen-bond acceptors (Lipinski definition) is 5. The summed E-state index contributed by atoms with van der Waals surface area (Å²) in [6, 6.07) is 7.35. The molecule has 2 rings (SSSR count). The molecule has 0 aliphatic carbocycles. The molecule has 0 radical (unpaired) electrons. The molecule has 2 aromatic rings. The Hall–Kier alpha value is -2.17. The van der Waals surface area contributed by atoms with Gasteiger partial charge in [0.15, 0.2) is 0 Å². The zero-order chi connectivity index (χ0) is 13.8. The molecule has 0 saturated carbocycles. The summed E-state index contributed by atoms with van der Waals surface area (Å²) in [5, 5.41) is 3.91. The lowest BCUT2D eigenvalue weighted by Crippen LogP contribution is -2.07. The van der Waals surface area contributed by atoms with E-state index < -0.39 is 0 Å². The molecule has 0 aliphatic heterocycles. The summed E-state index contributed by atoms with van der Waals surface area (Å²) in [7, 11) is 1.61. The zero-order valence-corrected chi connectivity index (χ0v) is 11.2. The predicted molar refractivity (Wildman–Crippen MR) is 70.0 cm³/mol. The van der Waals surface area contributed by atoms with Crippen LogP contribution in [0.5, 0.6) is 5.75 Å². The van der Waals surface area contributed by atoms with Crippen LogP contribution in [0.1, 0.15) is 32.1 Å². The fourth-order valence-corrected chi connectivity index (χ4v) is 1.87. The van der Waals surface area contributed by atoms with Gasteiger partial charge in [-0.1, -0.05) is 12.1 Å². The van der Waals surface area contributed by atoms with E-state index in [1.165, 1.54) is 6.92 Å². The Morgan fingerprint density at radius 1 is 1.37 bits per heavy atom. The summed E-state index contributed by atoms with van der Waals surface area (Å²) in [6.07, 6.45) is 0.652. The van der Waals surface area contributed by atoms with Crippen LogP contribution in [0.25, 0.3) is 11.4 Å². The van der Waals surface area contributed by atoms with Crippen molar-refractivity contribution in [3.63, 3.8) is 0 Å². The molecule has 1 heterocycles. The van der Waals surface area contributed by atoms with Gasteiger partial charge in [0.05, 0.1) is 13.0 Å². The van der Waals surface area contributed by atoms with Crippen molar-refractivity contribution in [1.29, 1.82) is 0 Å². The van der Waals surface area contributed by atoms with Crippen molar-refractivity contribution in [2.75, 3.05) is 7.11 Å². The number of Topliss-reactive ketones (excluding diaryl/α,β-unsaturated/α-hetero) is 1. The second kappa shape index (κ2) is 5.65. The first-order valence-electron chi connectivity index (χ1n) is 6.14. The van der Waals surface area contributed by atoms with E-state index in [0.29, 0.717) is 18.1 Å². The number of benzene rings is 1. The van der Waals surface area contributed by atoms with Gasteiger partial charge in [0.2, 0.25) is 11.7 Å². The molecular formula is C14H16N2O3. The molecule has 0 spiro atoms. The molecule has 5 heteroatoms. The number of hydrogen-bond donors (Lipinski definition) is 0. The van der Waals surface area contributed by atoms with Crippen molar-refractivity contribution in [3.05, 3.63) is 30.2 Å². The lowest BCUT2D eigenvalue weighted by Gasteiger charge is -2.03. The standard InChI is InChI=1S/C14H16N2O3/c1-4-12(9(2)17)14-15-13(16-19-14)10-5-7-11(18-3)8-6-10/h5-8,12H,4H2,1-3H3. The number of carbonyl (C=O) groups excluding carboxylic acids is 1. The van der Waals surface area contributed by atoms with Gasteiger partial charge in [-0.2, -0.15) is 4.98 Å². The van der Waals surface area contributed by atoms with Gasteiger partial charge in [0.1, 0.15) is 11.5 Å². The van der Waals surface area contributed by atoms with Crippen molar-refractivity contribution < 1.29 is 14.1 Å². The molecular weight excluding hydrogens is 244 g/mol. The minimum Gasteiger partial charge on any atom is -0.497 e. The summed E-state index contributed by atoms with van der Waals surface area (Å²) >= 11 is 0. The quantitative estimate of drug-likeness (QED) is 0.827. The molecule has 1 unspecified atom stereocenters. The van der Waals surface area contributed by atoms with Gasteiger partial charge in [-0.15, -0.1) is 0 Å². The summed E-state index contributed by atoms with van der Waals surface area (Å²) < 4.78 is 10.3. The summed E-state index contributed by atoms with van der Waals surface area (Å²) in [5.41, 5.74) is 0.828. The van der Waals surface area contributed by atoms with E-state index in [2.05, 4.69) is 10.1 Å². The number of carbonyl (C=O) groups is 1. The number of ketones is 1. The van der Waals surface area contributed by atoms with Gasteiger partial charge >= 0.3 is 0 Å². The third-order valence-electron chi connectivity index (χ3n) is 2.99. The van der Waals surface area contributed by atoms with Crippen LogP contribution in [0.2, 0.25) is 0 Å².